The van der Waals surface area contributed by atoms with E-state index in [-0.39, 0.29) is 29.2 Å². The fourth-order valence-electron chi connectivity index (χ4n) is 2.09. The first-order valence-electron chi connectivity index (χ1n) is 7.38. The van der Waals surface area contributed by atoms with E-state index in [2.05, 4.69) is 33.1 Å². The lowest BCUT2D eigenvalue weighted by Gasteiger charge is -2.11. The third-order valence-corrected chi connectivity index (χ3v) is 4.61. The standard InChI is InChI=1S/C14H17N7O2S2/c1-4-21-11(22)9(7-15)8(2)10(12(21)23)16-17-13-18-19-14(25-13)20(3)5-6-24/h23-24H,4-6H2,1-3H3/b17-16+. The van der Waals surface area contributed by atoms with Gasteiger partial charge in [-0.2, -0.15) is 17.9 Å². The molecule has 0 aliphatic heterocycles. The van der Waals surface area contributed by atoms with Crippen LogP contribution in [0.5, 0.6) is 5.88 Å². The highest BCUT2D eigenvalue weighted by Crippen LogP contribution is 2.33. The first-order valence-corrected chi connectivity index (χ1v) is 8.83. The smallest absolute Gasteiger partial charge is 0.271 e. The maximum Gasteiger partial charge on any atom is 0.271 e. The Balaban J connectivity index is 2.42. The number of nitriles is 1. The second-order valence-corrected chi connectivity index (χ2v) is 6.43. The largest absolute Gasteiger partial charge is 0.493 e. The number of anilines is 1. The molecule has 0 saturated heterocycles. The molecule has 0 saturated carbocycles. The minimum Gasteiger partial charge on any atom is -0.493 e. The number of aromatic hydroxyl groups is 1. The maximum absolute atomic E-state index is 12.1. The SMILES string of the molecule is CCn1c(O)c(/N=N/c2nnc(N(C)CCS)s2)c(C)c(C#N)c1=O. The highest BCUT2D eigenvalue weighted by molar-refractivity contribution is 7.80. The van der Waals surface area contributed by atoms with Gasteiger partial charge in [0, 0.05) is 31.5 Å². The molecule has 0 aliphatic rings. The molecule has 0 spiro atoms. The van der Waals surface area contributed by atoms with E-state index in [0.29, 0.717) is 22.6 Å². The molecule has 132 valence electrons. The Morgan fingerprint density at radius 2 is 2.16 bits per heavy atom. The predicted octanol–water partition coefficient (Wildman–Crippen LogP) is 2.39. The van der Waals surface area contributed by atoms with Crippen LogP contribution in [0.4, 0.5) is 16.0 Å². The fraction of sp³-hybridized carbons (Fsp3) is 0.429. The van der Waals surface area contributed by atoms with E-state index in [1.807, 2.05) is 18.0 Å². The molecular formula is C14H17N7O2S2. The molecule has 0 fully saturated rings. The van der Waals surface area contributed by atoms with E-state index in [4.69, 9.17) is 0 Å². The van der Waals surface area contributed by atoms with E-state index in [1.165, 1.54) is 11.3 Å². The fourth-order valence-corrected chi connectivity index (χ4v) is 3.05. The van der Waals surface area contributed by atoms with Gasteiger partial charge in [0.25, 0.3) is 10.7 Å². The lowest BCUT2D eigenvalue weighted by molar-refractivity contribution is 0.412. The minimum atomic E-state index is -0.550. The van der Waals surface area contributed by atoms with Crippen molar-refractivity contribution >= 4 is 39.9 Å². The van der Waals surface area contributed by atoms with Gasteiger partial charge in [0.1, 0.15) is 11.6 Å². The molecule has 2 aromatic rings. The van der Waals surface area contributed by atoms with Crippen molar-refractivity contribution in [1.29, 1.82) is 5.26 Å². The highest BCUT2D eigenvalue weighted by atomic mass is 32.1. The summed E-state index contributed by atoms with van der Waals surface area (Å²) in [5.41, 5.74) is -0.278. The monoisotopic (exact) mass is 379 g/mol. The molecule has 1 N–H and O–H groups in total. The zero-order valence-electron chi connectivity index (χ0n) is 14.0. The van der Waals surface area contributed by atoms with Crippen LogP contribution in [-0.4, -0.2) is 39.2 Å². The van der Waals surface area contributed by atoms with E-state index in [0.717, 1.165) is 4.57 Å². The second kappa shape index (κ2) is 8.09. The molecule has 25 heavy (non-hydrogen) atoms. The van der Waals surface area contributed by atoms with Crippen molar-refractivity contribution in [2.24, 2.45) is 10.2 Å². The quantitative estimate of drug-likeness (QED) is 0.587. The van der Waals surface area contributed by atoms with Crippen LogP contribution >= 0.6 is 24.0 Å². The third kappa shape index (κ3) is 3.80. The van der Waals surface area contributed by atoms with Crippen molar-refractivity contribution in [1.82, 2.24) is 14.8 Å². The average Bonchev–Trinajstić information content (AvgIpc) is 3.05. The van der Waals surface area contributed by atoms with E-state index < -0.39 is 5.56 Å². The van der Waals surface area contributed by atoms with Gasteiger partial charge in [-0.3, -0.25) is 9.36 Å². The normalized spacial score (nSPS) is 11.0. The van der Waals surface area contributed by atoms with Gasteiger partial charge in [-0.1, -0.05) is 11.3 Å². The van der Waals surface area contributed by atoms with E-state index in [9.17, 15) is 15.2 Å². The summed E-state index contributed by atoms with van der Waals surface area (Å²) < 4.78 is 1.08. The number of azo groups is 1. The minimum absolute atomic E-state index is 0.0680. The predicted molar refractivity (Wildman–Crippen MR) is 98.7 cm³/mol. The Labute approximate surface area is 153 Å². The van der Waals surface area contributed by atoms with Gasteiger partial charge in [0.15, 0.2) is 5.69 Å². The summed E-state index contributed by atoms with van der Waals surface area (Å²) in [6.45, 7) is 4.15. The van der Waals surface area contributed by atoms with Crippen LogP contribution in [0.2, 0.25) is 0 Å². The van der Waals surface area contributed by atoms with Crippen molar-refractivity contribution < 1.29 is 5.11 Å². The molecule has 0 aromatic carbocycles. The molecule has 0 aliphatic carbocycles. The van der Waals surface area contributed by atoms with Gasteiger partial charge >= 0.3 is 0 Å². The number of rotatable bonds is 6. The summed E-state index contributed by atoms with van der Waals surface area (Å²) in [4.78, 5) is 14.0. The molecule has 9 nitrogen and oxygen atoms in total. The lowest BCUT2D eigenvalue weighted by Crippen LogP contribution is -2.23. The maximum atomic E-state index is 12.1. The summed E-state index contributed by atoms with van der Waals surface area (Å²) in [5, 5.41) is 36.3. The van der Waals surface area contributed by atoms with Crippen LogP contribution in [0.15, 0.2) is 15.0 Å². The van der Waals surface area contributed by atoms with Gasteiger partial charge < -0.3 is 10.0 Å². The molecular weight excluding hydrogens is 362 g/mol. The molecule has 0 atom stereocenters. The van der Waals surface area contributed by atoms with Crippen molar-refractivity contribution in [3.8, 4) is 11.9 Å². The summed E-state index contributed by atoms with van der Waals surface area (Å²) in [5.74, 6) is 0.347. The van der Waals surface area contributed by atoms with Crippen LogP contribution in [0.3, 0.4) is 0 Å². The first-order chi connectivity index (χ1) is 11.9. The van der Waals surface area contributed by atoms with Gasteiger partial charge in [0.2, 0.25) is 11.0 Å². The van der Waals surface area contributed by atoms with E-state index >= 15 is 0 Å². The molecule has 2 rings (SSSR count). The molecule has 0 radical (unpaired) electrons. The second-order valence-electron chi connectivity index (χ2n) is 5.05. The number of hydrogen-bond acceptors (Lipinski definition) is 10. The van der Waals surface area contributed by atoms with Crippen LogP contribution in [0.25, 0.3) is 0 Å². The van der Waals surface area contributed by atoms with Crippen molar-refractivity contribution in [2.75, 3.05) is 24.2 Å². The molecule has 2 heterocycles. The number of nitrogens with zero attached hydrogens (tertiary/aromatic N) is 7. The van der Waals surface area contributed by atoms with Gasteiger partial charge in [-0.25, -0.2) is 0 Å². The number of thiol groups is 1. The number of aromatic nitrogens is 3. The highest BCUT2D eigenvalue weighted by Gasteiger charge is 2.18. The molecule has 2 aromatic heterocycles. The van der Waals surface area contributed by atoms with E-state index in [1.54, 1.807) is 13.8 Å². The summed E-state index contributed by atoms with van der Waals surface area (Å²) in [6.07, 6.45) is 0. The molecule has 0 unspecified atom stereocenters. The van der Waals surface area contributed by atoms with Crippen LogP contribution < -0.4 is 10.5 Å². The van der Waals surface area contributed by atoms with Gasteiger partial charge in [-0.15, -0.1) is 20.4 Å². The summed E-state index contributed by atoms with van der Waals surface area (Å²) >= 11 is 5.39. The van der Waals surface area contributed by atoms with Crippen LogP contribution in [-0.2, 0) is 6.54 Å². The Morgan fingerprint density at radius 1 is 1.44 bits per heavy atom. The first kappa shape index (κ1) is 18.9. The zero-order valence-corrected chi connectivity index (χ0v) is 15.7. The van der Waals surface area contributed by atoms with Crippen molar-refractivity contribution in [2.45, 2.75) is 20.4 Å². The summed E-state index contributed by atoms with van der Waals surface area (Å²) in [7, 11) is 1.87. The lowest BCUT2D eigenvalue weighted by atomic mass is 10.1. The molecule has 0 bridgehead atoms. The van der Waals surface area contributed by atoms with Crippen molar-refractivity contribution in [3.05, 3.63) is 21.5 Å². The molecule has 0 amide bonds. The Hall–Kier alpha value is -2.45. The average molecular weight is 379 g/mol. The third-order valence-electron chi connectivity index (χ3n) is 3.49. The number of hydrogen-bond donors (Lipinski definition) is 2. The summed E-state index contributed by atoms with van der Waals surface area (Å²) in [6, 6.07) is 1.85. The Bertz CT molecular complexity index is 898. The Kier molecular flexibility index (Phi) is 6.11. The zero-order chi connectivity index (χ0) is 18.6. The van der Waals surface area contributed by atoms with Crippen LogP contribution in [0.1, 0.15) is 18.1 Å². The Morgan fingerprint density at radius 3 is 2.76 bits per heavy atom. The van der Waals surface area contributed by atoms with Crippen LogP contribution in [0, 0.1) is 18.3 Å². The number of pyridine rings is 1. The van der Waals surface area contributed by atoms with Gasteiger partial charge in [-0.05, 0) is 13.8 Å². The van der Waals surface area contributed by atoms with Crippen molar-refractivity contribution in [3.63, 3.8) is 0 Å². The topological polar surface area (TPSA) is 120 Å². The van der Waals surface area contributed by atoms with Gasteiger partial charge in [0.05, 0.1) is 0 Å². The molecule has 11 heteroatoms.